The van der Waals surface area contributed by atoms with Gasteiger partial charge in [-0.15, -0.1) is 0 Å². The second kappa shape index (κ2) is 7.75. The summed E-state index contributed by atoms with van der Waals surface area (Å²) in [6.07, 6.45) is 12.3. The number of hydrogen-bond acceptors (Lipinski definition) is 3. The van der Waals surface area contributed by atoms with E-state index in [9.17, 15) is 4.79 Å². The molecule has 4 nitrogen and oxygen atoms in total. The molecule has 1 aliphatic heterocycles. The molecule has 2 heterocycles. The Labute approximate surface area is 155 Å². The van der Waals surface area contributed by atoms with Crippen molar-refractivity contribution >= 4 is 16.7 Å². The van der Waals surface area contributed by atoms with E-state index < -0.39 is 0 Å². The molecule has 1 aliphatic carbocycles. The van der Waals surface area contributed by atoms with Crippen LogP contribution in [0, 0.1) is 5.92 Å². The van der Waals surface area contributed by atoms with Crippen molar-refractivity contribution in [1.82, 2.24) is 10.3 Å². The third kappa shape index (κ3) is 3.75. The van der Waals surface area contributed by atoms with Crippen molar-refractivity contribution in [1.29, 1.82) is 0 Å². The van der Waals surface area contributed by atoms with Gasteiger partial charge >= 0.3 is 0 Å². The zero-order valence-corrected chi connectivity index (χ0v) is 15.5. The van der Waals surface area contributed by atoms with Crippen LogP contribution in [-0.4, -0.2) is 23.0 Å². The smallest absolute Gasteiger partial charge is 0.217 e. The molecule has 3 atom stereocenters. The Hall–Kier alpha value is -1.94. The van der Waals surface area contributed by atoms with E-state index in [1.807, 2.05) is 12.4 Å². The average molecular weight is 352 g/mol. The minimum absolute atomic E-state index is 0.0265. The molecule has 1 N–H and O–H groups in total. The monoisotopic (exact) mass is 352 g/mol. The van der Waals surface area contributed by atoms with Gasteiger partial charge in [0.25, 0.3) is 0 Å². The van der Waals surface area contributed by atoms with Crippen LogP contribution in [0.3, 0.4) is 0 Å². The highest BCUT2D eigenvalue weighted by molar-refractivity contribution is 5.85. The third-order valence-corrected chi connectivity index (χ3v) is 6.00. The molecule has 1 saturated carbocycles. The maximum atomic E-state index is 11.7. The van der Waals surface area contributed by atoms with Crippen molar-refractivity contribution < 1.29 is 9.53 Å². The number of carbonyl (C=O) groups excluding carboxylic acids is 1. The first-order chi connectivity index (χ1) is 12.7. The number of carbonyl (C=O) groups is 1. The highest BCUT2D eigenvalue weighted by Crippen LogP contribution is 2.40. The fourth-order valence-electron chi connectivity index (χ4n) is 4.80. The molecule has 0 bridgehead atoms. The lowest BCUT2D eigenvalue weighted by Gasteiger charge is -2.41. The molecule has 0 unspecified atom stereocenters. The second-order valence-electron chi connectivity index (χ2n) is 7.87. The summed E-state index contributed by atoms with van der Waals surface area (Å²) < 4.78 is 6.66. The third-order valence-electron chi connectivity index (χ3n) is 6.00. The number of benzene rings is 1. The highest BCUT2D eigenvalue weighted by Gasteiger charge is 2.36. The molecule has 2 fully saturated rings. The first kappa shape index (κ1) is 17.5. The standard InChI is InChI=1S/C22H28N2O2/c1-15(25)24-18-12-21(16-6-3-2-4-7-16)26-22(13-18)20-9-5-8-17-14-23-11-10-19(17)20/h5,8-11,14,16,18,21-22H,2-4,6-7,12-13H2,1H3,(H,24,25)/t18-,21-,22+/m1/s1. The molecule has 4 heteroatoms. The van der Waals surface area contributed by atoms with Crippen molar-refractivity contribution in [3.05, 3.63) is 42.2 Å². The molecular weight excluding hydrogens is 324 g/mol. The maximum absolute atomic E-state index is 11.7. The van der Waals surface area contributed by atoms with E-state index in [0.717, 1.165) is 18.2 Å². The lowest BCUT2D eigenvalue weighted by molar-refractivity contribution is -0.124. The van der Waals surface area contributed by atoms with Gasteiger partial charge in [-0.3, -0.25) is 9.78 Å². The zero-order valence-electron chi connectivity index (χ0n) is 15.5. The van der Waals surface area contributed by atoms with E-state index in [2.05, 4.69) is 34.6 Å². The molecular formula is C22H28N2O2. The molecule has 1 aromatic heterocycles. The SMILES string of the molecule is CC(=O)N[C@H]1C[C@@H](c2cccc3cnccc23)O[C@@H](C2CCCCC2)C1. The molecule has 0 radical (unpaired) electrons. The van der Waals surface area contributed by atoms with Gasteiger partial charge in [0.1, 0.15) is 0 Å². The Balaban J connectivity index is 1.63. The van der Waals surface area contributed by atoms with Crippen molar-refractivity contribution in [2.75, 3.05) is 0 Å². The van der Waals surface area contributed by atoms with Crippen LogP contribution in [0.25, 0.3) is 10.8 Å². The van der Waals surface area contributed by atoms with E-state index in [0.29, 0.717) is 5.92 Å². The first-order valence-corrected chi connectivity index (χ1v) is 9.96. The largest absolute Gasteiger partial charge is 0.370 e. The number of hydrogen-bond donors (Lipinski definition) is 1. The van der Waals surface area contributed by atoms with Crippen LogP contribution >= 0.6 is 0 Å². The van der Waals surface area contributed by atoms with E-state index in [1.165, 1.54) is 43.1 Å². The molecule has 1 aromatic carbocycles. The summed E-state index contributed by atoms with van der Waals surface area (Å²) in [7, 11) is 0. The van der Waals surface area contributed by atoms with Gasteiger partial charge in [-0.1, -0.05) is 37.5 Å². The summed E-state index contributed by atoms with van der Waals surface area (Å²) in [4.78, 5) is 15.9. The Morgan fingerprint density at radius 3 is 2.81 bits per heavy atom. The number of nitrogens with one attached hydrogen (secondary N) is 1. The van der Waals surface area contributed by atoms with Crippen LogP contribution < -0.4 is 5.32 Å². The highest BCUT2D eigenvalue weighted by atomic mass is 16.5. The summed E-state index contributed by atoms with van der Waals surface area (Å²) in [5, 5.41) is 5.52. The Morgan fingerprint density at radius 2 is 2.00 bits per heavy atom. The van der Waals surface area contributed by atoms with Gasteiger partial charge in [0.2, 0.25) is 5.91 Å². The molecule has 26 heavy (non-hydrogen) atoms. The fourth-order valence-corrected chi connectivity index (χ4v) is 4.80. The predicted octanol–water partition coefficient (Wildman–Crippen LogP) is 4.54. The van der Waals surface area contributed by atoms with Crippen LogP contribution in [0.15, 0.2) is 36.7 Å². The number of aromatic nitrogens is 1. The van der Waals surface area contributed by atoms with Gasteiger partial charge < -0.3 is 10.1 Å². The minimum Gasteiger partial charge on any atom is -0.370 e. The van der Waals surface area contributed by atoms with Crippen LogP contribution in [0.4, 0.5) is 0 Å². The summed E-state index contributed by atoms with van der Waals surface area (Å²) in [5.41, 5.74) is 1.22. The van der Waals surface area contributed by atoms with Gasteiger partial charge in [0, 0.05) is 30.7 Å². The molecule has 0 spiro atoms. The van der Waals surface area contributed by atoms with Gasteiger partial charge in [-0.25, -0.2) is 0 Å². The Morgan fingerprint density at radius 1 is 1.15 bits per heavy atom. The fraction of sp³-hybridized carbons (Fsp3) is 0.545. The lowest BCUT2D eigenvalue weighted by Crippen LogP contribution is -2.44. The minimum atomic E-state index is 0.0265. The van der Waals surface area contributed by atoms with Crippen molar-refractivity contribution in [3.63, 3.8) is 0 Å². The summed E-state index contributed by atoms with van der Waals surface area (Å²) in [5.74, 6) is 0.680. The van der Waals surface area contributed by atoms with Crippen molar-refractivity contribution in [2.45, 2.75) is 70.1 Å². The van der Waals surface area contributed by atoms with Crippen LogP contribution in [0.5, 0.6) is 0 Å². The second-order valence-corrected chi connectivity index (χ2v) is 7.87. The normalized spacial score (nSPS) is 27.3. The quantitative estimate of drug-likeness (QED) is 0.882. The molecule has 1 amide bonds. The van der Waals surface area contributed by atoms with Gasteiger partial charge in [0.05, 0.1) is 12.2 Å². The summed E-state index contributed by atoms with van der Waals surface area (Å²) in [6.45, 7) is 1.61. The number of ether oxygens (including phenoxy) is 1. The number of pyridine rings is 1. The number of amides is 1. The van der Waals surface area contributed by atoms with Gasteiger partial charge in [0.15, 0.2) is 0 Å². The van der Waals surface area contributed by atoms with E-state index in [1.54, 1.807) is 6.92 Å². The lowest BCUT2D eigenvalue weighted by atomic mass is 9.80. The van der Waals surface area contributed by atoms with Gasteiger partial charge in [-0.05, 0) is 48.6 Å². The average Bonchev–Trinajstić information content (AvgIpc) is 2.67. The Bertz CT molecular complexity index is 764. The Kier molecular flexibility index (Phi) is 5.21. The molecule has 2 aromatic rings. The predicted molar refractivity (Wildman–Crippen MR) is 103 cm³/mol. The van der Waals surface area contributed by atoms with Gasteiger partial charge in [-0.2, -0.15) is 0 Å². The summed E-state index contributed by atoms with van der Waals surface area (Å²) >= 11 is 0. The van der Waals surface area contributed by atoms with Crippen molar-refractivity contribution in [2.24, 2.45) is 5.92 Å². The topological polar surface area (TPSA) is 51.2 Å². The van der Waals surface area contributed by atoms with Crippen LogP contribution in [0.2, 0.25) is 0 Å². The zero-order chi connectivity index (χ0) is 17.9. The van der Waals surface area contributed by atoms with E-state index in [4.69, 9.17) is 4.74 Å². The van der Waals surface area contributed by atoms with Crippen LogP contribution in [0.1, 0.15) is 63.5 Å². The molecule has 4 rings (SSSR count). The molecule has 2 aliphatic rings. The maximum Gasteiger partial charge on any atom is 0.217 e. The van der Waals surface area contributed by atoms with Crippen LogP contribution in [-0.2, 0) is 9.53 Å². The molecule has 1 saturated heterocycles. The van der Waals surface area contributed by atoms with E-state index in [-0.39, 0.29) is 24.2 Å². The number of fused-ring (bicyclic) bond motifs is 1. The van der Waals surface area contributed by atoms with Crippen molar-refractivity contribution in [3.8, 4) is 0 Å². The molecule has 138 valence electrons. The summed E-state index contributed by atoms with van der Waals surface area (Å²) in [6, 6.07) is 8.61. The first-order valence-electron chi connectivity index (χ1n) is 9.96. The number of rotatable bonds is 3. The van der Waals surface area contributed by atoms with E-state index >= 15 is 0 Å². The number of nitrogens with zero attached hydrogens (tertiary/aromatic N) is 1.